The van der Waals surface area contributed by atoms with E-state index in [1.807, 2.05) is 18.8 Å². The SMILES string of the molecule is CC1=C(c2ccc(CCNC(=O)C3CCCN3C)cc2)SCN1C.CCO. The Labute approximate surface area is 167 Å². The van der Waals surface area contributed by atoms with E-state index in [4.69, 9.17) is 5.11 Å². The van der Waals surface area contributed by atoms with E-state index >= 15 is 0 Å². The van der Waals surface area contributed by atoms with Crippen LogP contribution in [0.4, 0.5) is 0 Å². The fraction of sp³-hybridized carbons (Fsp3) is 0.571. The number of nitrogens with one attached hydrogen (secondary N) is 1. The molecule has 1 amide bonds. The average Bonchev–Trinajstić information content (AvgIpc) is 3.22. The van der Waals surface area contributed by atoms with Crippen molar-refractivity contribution in [2.75, 3.05) is 39.7 Å². The molecule has 1 aromatic carbocycles. The minimum atomic E-state index is 0.0682. The number of carbonyl (C=O) groups is 1. The third-order valence-corrected chi connectivity index (χ3v) is 6.39. The van der Waals surface area contributed by atoms with Crippen molar-refractivity contribution in [2.24, 2.45) is 0 Å². The van der Waals surface area contributed by atoms with Gasteiger partial charge in [0.1, 0.15) is 0 Å². The Morgan fingerprint density at radius 2 is 1.96 bits per heavy atom. The minimum absolute atomic E-state index is 0.0682. The molecule has 1 unspecified atom stereocenters. The number of hydrogen-bond acceptors (Lipinski definition) is 5. The molecule has 0 aliphatic carbocycles. The molecule has 0 aromatic heterocycles. The zero-order chi connectivity index (χ0) is 19.8. The van der Waals surface area contributed by atoms with Crippen LogP contribution >= 0.6 is 11.8 Å². The van der Waals surface area contributed by atoms with Gasteiger partial charge >= 0.3 is 0 Å². The zero-order valence-electron chi connectivity index (χ0n) is 17.0. The van der Waals surface area contributed by atoms with E-state index in [-0.39, 0.29) is 18.6 Å². The first kappa shape index (κ1) is 21.8. The van der Waals surface area contributed by atoms with Crippen molar-refractivity contribution in [1.82, 2.24) is 15.1 Å². The summed E-state index contributed by atoms with van der Waals surface area (Å²) in [5.74, 6) is 1.21. The third-order valence-electron chi connectivity index (χ3n) is 5.06. The summed E-state index contributed by atoms with van der Waals surface area (Å²) < 4.78 is 0. The van der Waals surface area contributed by atoms with Crippen LogP contribution in [-0.4, -0.2) is 66.5 Å². The van der Waals surface area contributed by atoms with Crippen molar-refractivity contribution in [2.45, 2.75) is 39.2 Å². The van der Waals surface area contributed by atoms with E-state index in [2.05, 4.69) is 53.4 Å². The van der Waals surface area contributed by atoms with Crippen LogP contribution in [0.2, 0.25) is 0 Å². The van der Waals surface area contributed by atoms with Crippen molar-refractivity contribution >= 4 is 22.6 Å². The Morgan fingerprint density at radius 1 is 1.30 bits per heavy atom. The van der Waals surface area contributed by atoms with Gasteiger partial charge in [0.15, 0.2) is 0 Å². The Hall–Kier alpha value is -1.50. The summed E-state index contributed by atoms with van der Waals surface area (Å²) in [4.78, 5) is 18.0. The molecule has 0 radical (unpaired) electrons. The van der Waals surface area contributed by atoms with Crippen molar-refractivity contribution in [1.29, 1.82) is 0 Å². The number of likely N-dealkylation sites (N-methyl/N-ethyl adjacent to an activating group) is 1. The number of benzene rings is 1. The van der Waals surface area contributed by atoms with Crippen LogP contribution in [0.1, 0.15) is 37.8 Å². The molecular formula is C21H33N3O2S. The lowest BCUT2D eigenvalue weighted by Crippen LogP contribution is -2.42. The summed E-state index contributed by atoms with van der Waals surface area (Å²) in [6, 6.07) is 8.84. The number of likely N-dealkylation sites (tertiary alicyclic amines) is 1. The number of allylic oxidation sites excluding steroid dienone is 1. The van der Waals surface area contributed by atoms with E-state index < -0.39 is 0 Å². The average molecular weight is 392 g/mol. The molecule has 150 valence electrons. The van der Waals surface area contributed by atoms with Gasteiger partial charge in [0.2, 0.25) is 5.91 Å². The molecule has 2 aliphatic heterocycles. The molecule has 1 saturated heterocycles. The smallest absolute Gasteiger partial charge is 0.237 e. The Balaban J connectivity index is 0.000000817. The summed E-state index contributed by atoms with van der Waals surface area (Å²) in [7, 11) is 4.17. The first-order chi connectivity index (χ1) is 13.0. The number of amides is 1. The standard InChI is InChI=1S/C19H27N3OS.C2H6O/c1-14-18(24-13-22(14)3)16-8-6-15(7-9-16)10-11-20-19(23)17-5-4-12-21(17)2;1-2-3/h6-9,17H,4-5,10-13H2,1-3H3,(H,20,23);3H,2H2,1H3. The molecule has 0 bridgehead atoms. The molecule has 1 atom stereocenters. The van der Waals surface area contributed by atoms with Crippen LogP contribution in [0.5, 0.6) is 0 Å². The fourth-order valence-electron chi connectivity index (χ4n) is 3.34. The highest BCUT2D eigenvalue weighted by Gasteiger charge is 2.27. The molecule has 0 saturated carbocycles. The Kier molecular flexibility index (Phi) is 8.67. The van der Waals surface area contributed by atoms with Gasteiger partial charge in [-0.3, -0.25) is 9.69 Å². The molecule has 27 heavy (non-hydrogen) atoms. The first-order valence-electron chi connectivity index (χ1n) is 9.70. The number of hydrogen-bond donors (Lipinski definition) is 2. The molecular weight excluding hydrogens is 358 g/mol. The Morgan fingerprint density at radius 3 is 2.48 bits per heavy atom. The van der Waals surface area contributed by atoms with Gasteiger partial charge in [-0.1, -0.05) is 24.3 Å². The summed E-state index contributed by atoms with van der Waals surface area (Å²) in [5.41, 5.74) is 3.91. The van der Waals surface area contributed by atoms with Gasteiger partial charge < -0.3 is 15.3 Å². The molecule has 3 rings (SSSR count). The lowest BCUT2D eigenvalue weighted by molar-refractivity contribution is -0.125. The molecule has 0 spiro atoms. The maximum absolute atomic E-state index is 12.2. The van der Waals surface area contributed by atoms with Crippen LogP contribution < -0.4 is 5.32 Å². The van der Waals surface area contributed by atoms with Gasteiger partial charge in [-0.15, -0.1) is 11.8 Å². The van der Waals surface area contributed by atoms with Gasteiger partial charge in [-0.2, -0.15) is 0 Å². The number of aliphatic hydroxyl groups excluding tert-OH is 1. The molecule has 6 heteroatoms. The molecule has 2 N–H and O–H groups in total. The second-order valence-electron chi connectivity index (χ2n) is 7.08. The highest BCUT2D eigenvalue weighted by Crippen LogP contribution is 2.38. The molecule has 2 heterocycles. The van der Waals surface area contributed by atoms with Crippen LogP contribution in [0.3, 0.4) is 0 Å². The van der Waals surface area contributed by atoms with E-state index in [1.54, 1.807) is 6.92 Å². The number of nitrogens with zero attached hydrogens (tertiary/aromatic N) is 2. The van der Waals surface area contributed by atoms with Crippen LogP contribution in [0.15, 0.2) is 30.0 Å². The second kappa shape index (κ2) is 10.7. The summed E-state index contributed by atoms with van der Waals surface area (Å²) in [6.07, 6.45) is 2.99. The van der Waals surface area contributed by atoms with E-state index in [9.17, 15) is 4.79 Å². The van der Waals surface area contributed by atoms with Gasteiger partial charge in [0, 0.05) is 30.8 Å². The molecule has 2 aliphatic rings. The highest BCUT2D eigenvalue weighted by molar-refractivity contribution is 8.08. The van der Waals surface area contributed by atoms with Crippen molar-refractivity contribution in [3.63, 3.8) is 0 Å². The van der Waals surface area contributed by atoms with Gasteiger partial charge in [-0.25, -0.2) is 0 Å². The molecule has 1 fully saturated rings. The number of rotatable bonds is 5. The molecule has 5 nitrogen and oxygen atoms in total. The van der Waals surface area contributed by atoms with Crippen molar-refractivity contribution in [3.8, 4) is 0 Å². The van der Waals surface area contributed by atoms with Crippen molar-refractivity contribution < 1.29 is 9.90 Å². The highest BCUT2D eigenvalue weighted by atomic mass is 32.2. The maximum Gasteiger partial charge on any atom is 0.237 e. The zero-order valence-corrected chi connectivity index (χ0v) is 17.8. The maximum atomic E-state index is 12.2. The fourth-order valence-corrected chi connectivity index (χ4v) is 4.52. The summed E-state index contributed by atoms with van der Waals surface area (Å²) >= 11 is 1.90. The normalized spacial score (nSPS) is 19.9. The number of carbonyl (C=O) groups excluding carboxylic acids is 1. The van der Waals surface area contributed by atoms with Crippen LogP contribution in [0.25, 0.3) is 4.91 Å². The predicted octanol–water partition coefficient (Wildman–Crippen LogP) is 2.76. The number of thioether (sulfide) groups is 1. The number of aliphatic hydroxyl groups is 1. The first-order valence-corrected chi connectivity index (χ1v) is 10.7. The van der Waals surface area contributed by atoms with Crippen LogP contribution in [-0.2, 0) is 11.2 Å². The Bertz CT molecular complexity index is 645. The van der Waals surface area contributed by atoms with Gasteiger partial charge in [0.05, 0.1) is 11.9 Å². The van der Waals surface area contributed by atoms with Crippen LogP contribution in [0, 0.1) is 0 Å². The predicted molar refractivity (Wildman–Crippen MR) is 114 cm³/mol. The van der Waals surface area contributed by atoms with E-state index in [0.717, 1.165) is 31.7 Å². The lowest BCUT2D eigenvalue weighted by atomic mass is 10.1. The van der Waals surface area contributed by atoms with Crippen molar-refractivity contribution in [3.05, 3.63) is 41.1 Å². The van der Waals surface area contributed by atoms with E-state index in [1.165, 1.54) is 21.7 Å². The minimum Gasteiger partial charge on any atom is -0.397 e. The summed E-state index contributed by atoms with van der Waals surface area (Å²) in [6.45, 7) is 5.85. The molecule has 1 aromatic rings. The summed E-state index contributed by atoms with van der Waals surface area (Å²) in [5, 5.41) is 10.7. The third kappa shape index (κ3) is 5.99. The largest absolute Gasteiger partial charge is 0.397 e. The van der Waals surface area contributed by atoms with Gasteiger partial charge in [0.25, 0.3) is 0 Å². The van der Waals surface area contributed by atoms with E-state index in [0.29, 0.717) is 6.54 Å². The second-order valence-corrected chi connectivity index (χ2v) is 8.03. The lowest BCUT2D eigenvalue weighted by Gasteiger charge is -2.18. The monoisotopic (exact) mass is 391 g/mol. The van der Waals surface area contributed by atoms with Gasteiger partial charge in [-0.05, 0) is 57.8 Å². The quantitative estimate of drug-likeness (QED) is 0.808. The topological polar surface area (TPSA) is 55.8 Å².